The van der Waals surface area contributed by atoms with Gasteiger partial charge in [0, 0.05) is 6.92 Å². The third kappa shape index (κ3) is 3.89. The number of nitrogens with zero attached hydrogens (tertiary/aromatic N) is 1. The van der Waals surface area contributed by atoms with E-state index < -0.39 is 11.5 Å². The van der Waals surface area contributed by atoms with Gasteiger partial charge in [-0.15, -0.1) is 0 Å². The Hall–Kier alpha value is -2.68. The lowest BCUT2D eigenvalue weighted by Crippen LogP contribution is -2.10. The second-order valence-corrected chi connectivity index (χ2v) is 4.42. The SMILES string of the molecule is CC(=O)OCc1ccc(C=Nc2c(N)[nH]c(=S)[nH]c2=O)o1. The molecule has 0 spiro atoms. The molecule has 0 bridgehead atoms. The van der Waals surface area contributed by atoms with Gasteiger partial charge in [-0.05, 0) is 24.4 Å². The molecular formula is C12H12N4O4S. The molecule has 2 aromatic heterocycles. The molecule has 0 atom stereocenters. The highest BCUT2D eigenvalue weighted by Crippen LogP contribution is 2.13. The average Bonchev–Trinajstić information content (AvgIpc) is 2.83. The van der Waals surface area contributed by atoms with Gasteiger partial charge in [0.25, 0.3) is 5.56 Å². The summed E-state index contributed by atoms with van der Waals surface area (Å²) in [6.07, 6.45) is 1.33. The number of aromatic amines is 2. The van der Waals surface area contributed by atoms with Gasteiger partial charge in [-0.2, -0.15) is 0 Å². The molecule has 110 valence electrons. The second kappa shape index (κ2) is 6.18. The van der Waals surface area contributed by atoms with Crippen LogP contribution in [0.4, 0.5) is 11.5 Å². The van der Waals surface area contributed by atoms with E-state index in [-0.39, 0.29) is 22.9 Å². The number of hydrogen-bond acceptors (Lipinski definition) is 7. The Labute approximate surface area is 123 Å². The first-order chi connectivity index (χ1) is 9.95. The van der Waals surface area contributed by atoms with Crippen LogP contribution >= 0.6 is 12.2 Å². The van der Waals surface area contributed by atoms with Crippen molar-refractivity contribution in [2.75, 3.05) is 5.73 Å². The summed E-state index contributed by atoms with van der Waals surface area (Å²) in [4.78, 5) is 31.2. The van der Waals surface area contributed by atoms with Crippen LogP contribution in [0.2, 0.25) is 0 Å². The number of hydrogen-bond donors (Lipinski definition) is 3. The van der Waals surface area contributed by atoms with Crippen LogP contribution in [0.5, 0.6) is 0 Å². The molecule has 0 saturated carbocycles. The van der Waals surface area contributed by atoms with Crippen molar-refractivity contribution in [2.24, 2.45) is 4.99 Å². The lowest BCUT2D eigenvalue weighted by molar-refractivity contribution is -0.142. The number of aromatic nitrogens is 2. The summed E-state index contributed by atoms with van der Waals surface area (Å²) in [6, 6.07) is 3.26. The first kappa shape index (κ1) is 14.7. The van der Waals surface area contributed by atoms with Gasteiger partial charge < -0.3 is 19.9 Å². The second-order valence-electron chi connectivity index (χ2n) is 4.01. The van der Waals surface area contributed by atoms with E-state index in [2.05, 4.69) is 15.0 Å². The number of nitrogens with one attached hydrogen (secondary N) is 2. The third-order valence-electron chi connectivity index (χ3n) is 2.37. The summed E-state index contributed by atoms with van der Waals surface area (Å²) in [5.41, 5.74) is 5.13. The number of anilines is 1. The smallest absolute Gasteiger partial charge is 0.303 e. The van der Waals surface area contributed by atoms with Gasteiger partial charge in [0.15, 0.2) is 10.5 Å². The number of carbonyl (C=O) groups excluding carboxylic acids is 1. The molecule has 0 aliphatic carbocycles. The van der Waals surface area contributed by atoms with E-state index in [1.54, 1.807) is 12.1 Å². The maximum Gasteiger partial charge on any atom is 0.303 e. The molecule has 0 aliphatic rings. The zero-order chi connectivity index (χ0) is 15.4. The first-order valence-electron chi connectivity index (χ1n) is 5.84. The van der Waals surface area contributed by atoms with E-state index >= 15 is 0 Å². The highest BCUT2D eigenvalue weighted by Gasteiger charge is 2.05. The standard InChI is InChI=1S/C12H12N4O4S/c1-6(17)19-5-8-3-2-7(20-8)4-14-9-10(13)15-12(21)16-11(9)18/h2-4H,5H2,1H3,(H4,13,15,16,18,21). The van der Waals surface area contributed by atoms with Gasteiger partial charge in [0.1, 0.15) is 23.9 Å². The molecule has 0 aromatic carbocycles. The van der Waals surface area contributed by atoms with Crippen LogP contribution < -0.4 is 11.3 Å². The number of nitrogen functional groups attached to an aromatic ring is 1. The molecule has 8 nitrogen and oxygen atoms in total. The fraction of sp³-hybridized carbons (Fsp3) is 0.167. The van der Waals surface area contributed by atoms with E-state index in [0.29, 0.717) is 11.5 Å². The maximum absolute atomic E-state index is 11.6. The molecule has 0 unspecified atom stereocenters. The minimum absolute atomic E-state index is 0.00142. The zero-order valence-corrected chi connectivity index (χ0v) is 11.8. The molecule has 0 amide bonds. The third-order valence-corrected chi connectivity index (χ3v) is 2.57. The highest BCUT2D eigenvalue weighted by atomic mass is 32.1. The summed E-state index contributed by atoms with van der Waals surface area (Å²) in [5, 5.41) is 0. The highest BCUT2D eigenvalue weighted by molar-refractivity contribution is 7.71. The lowest BCUT2D eigenvalue weighted by atomic mass is 10.4. The monoisotopic (exact) mass is 308 g/mol. The van der Waals surface area contributed by atoms with Crippen LogP contribution in [0.15, 0.2) is 26.3 Å². The largest absolute Gasteiger partial charge is 0.458 e. The van der Waals surface area contributed by atoms with Crippen LogP contribution in [-0.4, -0.2) is 22.2 Å². The van der Waals surface area contributed by atoms with E-state index in [0.717, 1.165) is 0 Å². The number of esters is 1. The average molecular weight is 308 g/mol. The van der Waals surface area contributed by atoms with Gasteiger partial charge in [0.05, 0.1) is 6.21 Å². The minimum atomic E-state index is -0.501. The lowest BCUT2D eigenvalue weighted by Gasteiger charge is -1.98. The number of carbonyl (C=O) groups is 1. The van der Waals surface area contributed by atoms with Crippen LogP contribution in [-0.2, 0) is 16.1 Å². The number of furan rings is 1. The topological polar surface area (TPSA) is 126 Å². The number of ether oxygens (including phenoxy) is 1. The number of aliphatic imine (C=N–C) groups is 1. The van der Waals surface area contributed by atoms with E-state index in [1.807, 2.05) is 0 Å². The molecular weight excluding hydrogens is 296 g/mol. The predicted octanol–water partition coefficient (Wildman–Crippen LogP) is 1.42. The zero-order valence-electron chi connectivity index (χ0n) is 11.0. The number of rotatable bonds is 4. The van der Waals surface area contributed by atoms with Gasteiger partial charge in [-0.3, -0.25) is 14.6 Å². The van der Waals surface area contributed by atoms with Crippen molar-refractivity contribution >= 4 is 35.9 Å². The van der Waals surface area contributed by atoms with E-state index in [9.17, 15) is 9.59 Å². The van der Waals surface area contributed by atoms with Crippen LogP contribution in [0, 0.1) is 4.77 Å². The normalized spacial score (nSPS) is 10.9. The fourth-order valence-electron chi connectivity index (χ4n) is 1.47. The Morgan fingerprint density at radius 1 is 1.52 bits per heavy atom. The molecule has 0 aliphatic heterocycles. The van der Waals surface area contributed by atoms with Crippen molar-refractivity contribution in [3.8, 4) is 0 Å². The van der Waals surface area contributed by atoms with Crippen LogP contribution in [0.3, 0.4) is 0 Å². The Morgan fingerprint density at radius 3 is 2.95 bits per heavy atom. The van der Waals surface area contributed by atoms with Crippen molar-refractivity contribution < 1.29 is 13.9 Å². The number of nitrogens with two attached hydrogens (primary N) is 1. The summed E-state index contributed by atoms with van der Waals surface area (Å²) < 4.78 is 10.3. The van der Waals surface area contributed by atoms with Crippen molar-refractivity contribution in [1.29, 1.82) is 0 Å². The fourth-order valence-corrected chi connectivity index (χ4v) is 1.67. The summed E-state index contributed by atoms with van der Waals surface area (Å²) in [6.45, 7) is 1.34. The molecule has 2 heterocycles. The molecule has 2 rings (SSSR count). The van der Waals surface area contributed by atoms with Gasteiger partial charge in [-0.1, -0.05) is 0 Å². The molecule has 4 N–H and O–H groups in total. The molecule has 2 aromatic rings. The summed E-state index contributed by atoms with van der Waals surface area (Å²) in [7, 11) is 0. The van der Waals surface area contributed by atoms with Crippen molar-refractivity contribution in [3.63, 3.8) is 0 Å². The summed E-state index contributed by atoms with van der Waals surface area (Å²) >= 11 is 4.77. The van der Waals surface area contributed by atoms with Crippen LogP contribution in [0.25, 0.3) is 0 Å². The molecule has 0 fully saturated rings. The minimum Gasteiger partial charge on any atom is -0.458 e. The Morgan fingerprint density at radius 2 is 2.29 bits per heavy atom. The van der Waals surface area contributed by atoms with E-state index in [4.69, 9.17) is 27.1 Å². The number of H-pyrrole nitrogens is 2. The quantitative estimate of drug-likeness (QED) is 0.445. The van der Waals surface area contributed by atoms with Crippen molar-refractivity contribution in [3.05, 3.63) is 38.8 Å². The predicted molar refractivity (Wildman–Crippen MR) is 78.1 cm³/mol. The van der Waals surface area contributed by atoms with Gasteiger partial charge in [-0.25, -0.2) is 4.99 Å². The van der Waals surface area contributed by atoms with E-state index in [1.165, 1.54) is 13.1 Å². The molecule has 21 heavy (non-hydrogen) atoms. The maximum atomic E-state index is 11.6. The van der Waals surface area contributed by atoms with Crippen molar-refractivity contribution in [1.82, 2.24) is 9.97 Å². The Bertz CT molecular complexity index is 802. The Balaban J connectivity index is 2.17. The summed E-state index contributed by atoms with van der Waals surface area (Å²) in [5.74, 6) is 0.506. The van der Waals surface area contributed by atoms with Crippen molar-refractivity contribution in [2.45, 2.75) is 13.5 Å². The molecule has 9 heteroatoms. The molecule has 0 radical (unpaired) electrons. The van der Waals surface area contributed by atoms with Crippen LogP contribution in [0.1, 0.15) is 18.4 Å². The first-order valence-corrected chi connectivity index (χ1v) is 6.25. The van der Waals surface area contributed by atoms with Gasteiger partial charge in [0.2, 0.25) is 0 Å². The Kier molecular flexibility index (Phi) is 4.33. The van der Waals surface area contributed by atoms with Gasteiger partial charge >= 0.3 is 5.97 Å². The molecule has 0 saturated heterocycles.